The first-order chi connectivity index (χ1) is 9.40. The summed E-state index contributed by atoms with van der Waals surface area (Å²) in [7, 11) is -0.632. The maximum Gasteiger partial charge on any atom is 0.410 e. The third-order valence-electron chi connectivity index (χ3n) is 4.14. The number of hydrogen-bond acceptors (Lipinski definition) is 4. The van der Waals surface area contributed by atoms with Crippen molar-refractivity contribution in [3.8, 4) is 0 Å². The number of fused-ring (bicyclic) bond motifs is 2. The molecule has 2 bridgehead atoms. The van der Waals surface area contributed by atoms with Crippen LogP contribution >= 0.6 is 10.0 Å². The highest BCUT2D eigenvalue weighted by Gasteiger charge is 2.42. The number of carbonyl (C=O) groups excluding carboxylic acids is 1. The molecule has 2 aliphatic rings. The van der Waals surface area contributed by atoms with Gasteiger partial charge in [-0.15, -0.1) is 0 Å². The summed E-state index contributed by atoms with van der Waals surface area (Å²) in [5, 5.41) is 12.8. The van der Waals surface area contributed by atoms with Gasteiger partial charge < -0.3 is 20.1 Å². The van der Waals surface area contributed by atoms with Crippen molar-refractivity contribution in [3.05, 3.63) is 0 Å². The van der Waals surface area contributed by atoms with E-state index in [0.717, 1.165) is 18.6 Å². The molecule has 0 aromatic heterocycles. The first kappa shape index (κ1) is 15.9. The molecule has 0 spiro atoms. The van der Waals surface area contributed by atoms with Crippen LogP contribution in [0.2, 0.25) is 0 Å². The lowest BCUT2D eigenvalue weighted by atomic mass is 10.0. The van der Waals surface area contributed by atoms with E-state index in [0.29, 0.717) is 31.7 Å². The second-order valence-electron chi connectivity index (χ2n) is 6.69. The van der Waals surface area contributed by atoms with Gasteiger partial charge in [-0.3, -0.25) is 0 Å². The van der Waals surface area contributed by atoms with E-state index < -0.39 is 10.0 Å². The predicted octanol–water partition coefficient (Wildman–Crippen LogP) is 1.00. The Hall–Kier alpha value is -0.460. The molecule has 5 nitrogen and oxygen atoms in total. The minimum Gasteiger partial charge on any atom is -0.449 e. The lowest BCUT2D eigenvalue weighted by molar-refractivity contribution is 0.0590. The van der Waals surface area contributed by atoms with E-state index in [4.69, 9.17) is 4.74 Å². The van der Waals surface area contributed by atoms with Crippen LogP contribution in [0, 0.1) is 0 Å². The zero-order valence-electron chi connectivity index (χ0n) is 12.8. The zero-order valence-corrected chi connectivity index (χ0v) is 13.6. The van der Waals surface area contributed by atoms with Crippen LogP contribution in [0.15, 0.2) is 0 Å². The average Bonchev–Trinajstić information content (AvgIpc) is 2.74. The van der Waals surface area contributed by atoms with Crippen LogP contribution in [-0.4, -0.2) is 78.5 Å². The molecule has 20 heavy (non-hydrogen) atoms. The van der Waals surface area contributed by atoms with Crippen molar-refractivity contribution in [1.29, 1.82) is 0 Å². The summed E-state index contributed by atoms with van der Waals surface area (Å²) in [4.78, 5) is 14.1. The smallest absolute Gasteiger partial charge is 0.410 e. The molecule has 2 N–H and O–H groups in total. The molecule has 0 radical (unpaired) electrons. The highest BCUT2D eigenvalue weighted by atomic mass is 32.3. The van der Waals surface area contributed by atoms with Gasteiger partial charge in [-0.2, -0.15) is 0 Å². The second-order valence-corrected chi connectivity index (χ2v) is 11.3. The Kier molecular flexibility index (Phi) is 5.20. The highest BCUT2D eigenvalue weighted by Crippen LogP contribution is 2.34. The maximum absolute atomic E-state index is 12.3. The fourth-order valence-corrected chi connectivity index (χ4v) is 3.63. The maximum atomic E-state index is 12.3. The lowest BCUT2D eigenvalue weighted by Gasteiger charge is -2.40. The summed E-state index contributed by atoms with van der Waals surface area (Å²) in [6.07, 6.45) is 9.30. The van der Waals surface area contributed by atoms with Gasteiger partial charge in [-0.05, 0) is 38.0 Å². The average molecular weight is 304 g/mol. The molecule has 0 aromatic rings. The van der Waals surface area contributed by atoms with Crippen molar-refractivity contribution < 1.29 is 14.6 Å². The number of aliphatic hydroxyl groups is 1. The van der Waals surface area contributed by atoms with Crippen LogP contribution in [0.25, 0.3) is 0 Å². The number of piperazine rings is 1. The van der Waals surface area contributed by atoms with Gasteiger partial charge in [-0.1, -0.05) is 0 Å². The van der Waals surface area contributed by atoms with Crippen LogP contribution < -0.4 is 5.32 Å². The molecule has 2 aliphatic heterocycles. The van der Waals surface area contributed by atoms with Gasteiger partial charge in [0.25, 0.3) is 0 Å². The monoisotopic (exact) mass is 304 g/mol. The van der Waals surface area contributed by atoms with Crippen molar-refractivity contribution in [3.63, 3.8) is 0 Å². The number of ether oxygens (including phenoxy) is 1. The van der Waals surface area contributed by atoms with Crippen LogP contribution in [-0.2, 0) is 4.74 Å². The highest BCUT2D eigenvalue weighted by molar-refractivity contribution is 8.32. The third kappa shape index (κ3) is 4.02. The van der Waals surface area contributed by atoms with Gasteiger partial charge in [0.05, 0.1) is 6.04 Å². The lowest BCUT2D eigenvalue weighted by Crippen LogP contribution is -2.59. The molecule has 0 aromatic carbocycles. The van der Waals surface area contributed by atoms with Gasteiger partial charge in [0, 0.05) is 31.0 Å². The van der Waals surface area contributed by atoms with E-state index in [1.807, 2.05) is 4.90 Å². The molecule has 0 unspecified atom stereocenters. The van der Waals surface area contributed by atoms with Gasteiger partial charge >= 0.3 is 6.09 Å². The molecule has 0 aliphatic carbocycles. The molecule has 2 heterocycles. The molecular formula is C14H28N2O3S. The van der Waals surface area contributed by atoms with Crippen LogP contribution in [0.4, 0.5) is 4.79 Å². The molecule has 118 valence electrons. The summed E-state index contributed by atoms with van der Waals surface area (Å²) >= 11 is 0. The quantitative estimate of drug-likeness (QED) is 0.795. The van der Waals surface area contributed by atoms with E-state index in [1.165, 1.54) is 0 Å². The molecule has 1 amide bonds. The number of hydrogen-bond donors (Lipinski definition) is 2. The molecule has 6 heteroatoms. The minimum absolute atomic E-state index is 0.0771. The first-order valence-corrected chi connectivity index (χ1v) is 10.4. The number of nitrogens with one attached hydrogen (secondary N) is 1. The van der Waals surface area contributed by atoms with Gasteiger partial charge in [0.15, 0.2) is 0 Å². The van der Waals surface area contributed by atoms with Gasteiger partial charge in [0.1, 0.15) is 6.61 Å². The second kappa shape index (κ2) is 6.54. The Morgan fingerprint density at radius 1 is 1.40 bits per heavy atom. The number of nitrogens with zero attached hydrogens (tertiary/aromatic N) is 1. The van der Waals surface area contributed by atoms with Crippen molar-refractivity contribution in [2.24, 2.45) is 0 Å². The molecule has 2 fully saturated rings. The number of aliphatic hydroxyl groups excluding tert-OH is 1. The fraction of sp³-hybridized carbons (Fsp3) is 0.929. The van der Waals surface area contributed by atoms with E-state index >= 15 is 0 Å². The summed E-state index contributed by atoms with van der Waals surface area (Å²) in [6.45, 7) is 1.33. The van der Waals surface area contributed by atoms with Crippen LogP contribution in [0.5, 0.6) is 0 Å². The first-order valence-electron chi connectivity index (χ1n) is 7.37. The van der Waals surface area contributed by atoms with E-state index in [9.17, 15) is 9.90 Å². The molecule has 2 rings (SSSR count). The SMILES string of the molecule is CS(C)(C)CCOC(=O)N1C[C@H]2CC[C@H](N2)[C@H]1CCO. The predicted molar refractivity (Wildman–Crippen MR) is 83.7 cm³/mol. The topological polar surface area (TPSA) is 61.8 Å². The van der Waals surface area contributed by atoms with E-state index in [1.54, 1.807) is 0 Å². The summed E-state index contributed by atoms with van der Waals surface area (Å²) in [5.74, 6) is 0.947. The van der Waals surface area contributed by atoms with Crippen molar-refractivity contribution in [1.82, 2.24) is 10.2 Å². The minimum atomic E-state index is -0.632. The van der Waals surface area contributed by atoms with E-state index in [2.05, 4.69) is 24.1 Å². The summed E-state index contributed by atoms with van der Waals surface area (Å²) in [6, 6.07) is 0.797. The van der Waals surface area contributed by atoms with Crippen molar-refractivity contribution >= 4 is 16.1 Å². The Morgan fingerprint density at radius 3 is 2.80 bits per heavy atom. The Bertz CT molecular complexity index is 346. The zero-order chi connectivity index (χ0) is 14.8. The Labute approximate surface area is 123 Å². The number of likely N-dealkylation sites (tertiary alicyclic amines) is 1. The molecule has 0 saturated carbocycles. The van der Waals surface area contributed by atoms with E-state index in [-0.39, 0.29) is 18.7 Å². The van der Waals surface area contributed by atoms with Crippen LogP contribution in [0.1, 0.15) is 19.3 Å². The van der Waals surface area contributed by atoms with Crippen LogP contribution in [0.3, 0.4) is 0 Å². The molecular weight excluding hydrogens is 276 g/mol. The number of rotatable bonds is 5. The largest absolute Gasteiger partial charge is 0.449 e. The molecule has 2 saturated heterocycles. The Balaban J connectivity index is 1.89. The van der Waals surface area contributed by atoms with Gasteiger partial charge in [0.2, 0.25) is 0 Å². The normalized spacial score (nSPS) is 30.4. The third-order valence-corrected chi connectivity index (χ3v) is 5.53. The summed E-state index contributed by atoms with van der Waals surface area (Å²) in [5.41, 5.74) is 0. The van der Waals surface area contributed by atoms with Crippen molar-refractivity contribution in [2.75, 3.05) is 44.3 Å². The Morgan fingerprint density at radius 2 is 2.15 bits per heavy atom. The summed E-state index contributed by atoms with van der Waals surface area (Å²) < 4.78 is 5.46. The van der Waals surface area contributed by atoms with Gasteiger partial charge in [-0.25, -0.2) is 14.8 Å². The number of amides is 1. The number of carbonyl (C=O) groups is 1. The molecule has 3 atom stereocenters. The standard InChI is InChI=1S/C14H28N2O3S/c1-20(2,3)9-8-19-14(18)16-10-11-4-5-12(15-11)13(16)6-7-17/h11-13,15,17H,4-10H2,1-3H3/t11-,12+,13-/m1/s1. The fourth-order valence-electron chi connectivity index (χ4n) is 3.05. The van der Waals surface area contributed by atoms with Crippen molar-refractivity contribution in [2.45, 2.75) is 37.4 Å².